The van der Waals surface area contributed by atoms with Gasteiger partial charge in [-0.1, -0.05) is 0 Å². The molecule has 0 saturated carbocycles. The second-order valence-corrected chi connectivity index (χ2v) is 8.13. The molecule has 1 fully saturated rings. The van der Waals surface area contributed by atoms with Crippen LogP contribution in [0.5, 0.6) is 11.8 Å². The van der Waals surface area contributed by atoms with E-state index in [1.807, 2.05) is 0 Å². The molecular formula is C20H26N4O2. The number of carbonyl (C=O) groups is 1. The fourth-order valence-electron chi connectivity index (χ4n) is 3.81. The van der Waals surface area contributed by atoms with E-state index in [1.165, 1.54) is 0 Å². The van der Waals surface area contributed by atoms with E-state index >= 15 is 0 Å². The zero-order valence-corrected chi connectivity index (χ0v) is 15.7. The Morgan fingerprint density at radius 2 is 1.65 bits per heavy atom. The maximum absolute atomic E-state index is 12.6. The number of nitrogens with zero attached hydrogens (tertiary/aromatic N) is 2. The van der Waals surface area contributed by atoms with Gasteiger partial charge in [-0.2, -0.15) is 0 Å². The van der Waals surface area contributed by atoms with Gasteiger partial charge in [0.25, 0.3) is 5.91 Å². The van der Waals surface area contributed by atoms with Crippen LogP contribution in [0.1, 0.15) is 50.9 Å². The average molecular weight is 354 g/mol. The number of amides is 1. The van der Waals surface area contributed by atoms with Gasteiger partial charge < -0.3 is 15.4 Å². The topological polar surface area (TPSA) is 76.1 Å². The third-order valence-corrected chi connectivity index (χ3v) is 4.39. The molecule has 0 aliphatic carbocycles. The smallest absolute Gasteiger partial charge is 0.321 e. The number of aromatic nitrogens is 2. The second kappa shape index (κ2) is 7.03. The highest BCUT2D eigenvalue weighted by Crippen LogP contribution is 2.28. The summed E-state index contributed by atoms with van der Waals surface area (Å²) in [4.78, 5) is 20.6. The van der Waals surface area contributed by atoms with Crippen LogP contribution in [0.2, 0.25) is 0 Å². The number of benzene rings is 1. The fraction of sp³-hybridized carbons (Fsp3) is 0.450. The average Bonchev–Trinajstić information content (AvgIpc) is 2.53. The largest absolute Gasteiger partial charge is 0.424 e. The standard InChI is InChI=1S/C20H26N4O2/c1-19(2)12-15(13-20(3,4)24-19)23-17(25)14-6-8-16(9-7-14)26-18-21-10-5-11-22-18/h5-11,15,24H,12-13H2,1-4H3,(H,23,25). The Labute approximate surface area is 154 Å². The highest BCUT2D eigenvalue weighted by atomic mass is 16.5. The van der Waals surface area contributed by atoms with E-state index in [0.29, 0.717) is 11.3 Å². The van der Waals surface area contributed by atoms with Gasteiger partial charge in [0.05, 0.1) is 0 Å². The molecule has 2 aromatic rings. The van der Waals surface area contributed by atoms with Gasteiger partial charge in [-0.25, -0.2) is 9.97 Å². The van der Waals surface area contributed by atoms with Gasteiger partial charge >= 0.3 is 6.01 Å². The fourth-order valence-corrected chi connectivity index (χ4v) is 3.81. The second-order valence-electron chi connectivity index (χ2n) is 8.13. The maximum atomic E-state index is 12.6. The molecule has 26 heavy (non-hydrogen) atoms. The van der Waals surface area contributed by atoms with E-state index in [4.69, 9.17) is 4.74 Å². The van der Waals surface area contributed by atoms with Crippen molar-refractivity contribution in [3.8, 4) is 11.8 Å². The molecule has 0 bridgehead atoms. The first-order chi connectivity index (χ1) is 12.2. The van der Waals surface area contributed by atoms with E-state index in [2.05, 4.69) is 48.3 Å². The van der Waals surface area contributed by atoms with Gasteiger partial charge in [-0.05, 0) is 70.9 Å². The van der Waals surface area contributed by atoms with Gasteiger partial charge in [0, 0.05) is 35.1 Å². The Hall–Kier alpha value is -2.47. The van der Waals surface area contributed by atoms with Crippen molar-refractivity contribution in [3.63, 3.8) is 0 Å². The highest BCUT2D eigenvalue weighted by Gasteiger charge is 2.38. The van der Waals surface area contributed by atoms with Crippen molar-refractivity contribution < 1.29 is 9.53 Å². The number of hydrogen-bond donors (Lipinski definition) is 2. The Balaban J connectivity index is 1.63. The zero-order valence-electron chi connectivity index (χ0n) is 15.7. The van der Waals surface area contributed by atoms with Crippen LogP contribution >= 0.6 is 0 Å². The molecule has 3 rings (SSSR count). The molecule has 0 spiro atoms. The summed E-state index contributed by atoms with van der Waals surface area (Å²) < 4.78 is 5.56. The molecule has 138 valence electrons. The summed E-state index contributed by atoms with van der Waals surface area (Å²) in [6.45, 7) is 8.69. The maximum Gasteiger partial charge on any atom is 0.321 e. The molecule has 2 heterocycles. The van der Waals surface area contributed by atoms with Crippen LogP contribution in [-0.4, -0.2) is 33.0 Å². The first-order valence-electron chi connectivity index (χ1n) is 8.88. The molecule has 1 aromatic heterocycles. The van der Waals surface area contributed by atoms with Gasteiger partial charge in [0.1, 0.15) is 5.75 Å². The summed E-state index contributed by atoms with van der Waals surface area (Å²) in [7, 11) is 0. The van der Waals surface area contributed by atoms with Crippen molar-refractivity contribution in [2.24, 2.45) is 0 Å². The molecule has 0 atom stereocenters. The van der Waals surface area contributed by atoms with Crippen molar-refractivity contribution in [3.05, 3.63) is 48.3 Å². The van der Waals surface area contributed by atoms with Crippen LogP contribution in [0.15, 0.2) is 42.7 Å². The lowest BCUT2D eigenvalue weighted by molar-refractivity contribution is 0.0873. The molecule has 0 unspecified atom stereocenters. The van der Waals surface area contributed by atoms with Gasteiger partial charge in [0.15, 0.2) is 0 Å². The molecule has 1 amide bonds. The van der Waals surface area contributed by atoms with Gasteiger partial charge in [0.2, 0.25) is 0 Å². The molecule has 1 saturated heterocycles. The molecule has 1 aliphatic heterocycles. The quantitative estimate of drug-likeness (QED) is 0.881. The van der Waals surface area contributed by atoms with E-state index < -0.39 is 0 Å². The van der Waals surface area contributed by atoms with Crippen LogP contribution in [0.3, 0.4) is 0 Å². The van der Waals surface area contributed by atoms with Crippen molar-refractivity contribution in [1.29, 1.82) is 0 Å². The van der Waals surface area contributed by atoms with Crippen molar-refractivity contribution >= 4 is 5.91 Å². The lowest BCUT2D eigenvalue weighted by atomic mass is 9.79. The van der Waals surface area contributed by atoms with Crippen LogP contribution < -0.4 is 15.4 Å². The normalized spacial score (nSPS) is 18.9. The molecule has 0 radical (unpaired) electrons. The number of rotatable bonds is 4. The molecule has 6 nitrogen and oxygen atoms in total. The first-order valence-corrected chi connectivity index (χ1v) is 8.88. The summed E-state index contributed by atoms with van der Waals surface area (Å²) in [5, 5.41) is 6.80. The summed E-state index contributed by atoms with van der Waals surface area (Å²) >= 11 is 0. The minimum atomic E-state index is -0.0639. The Kier molecular flexibility index (Phi) is 4.96. The number of piperidine rings is 1. The van der Waals surface area contributed by atoms with Crippen LogP contribution in [0.25, 0.3) is 0 Å². The van der Waals surface area contributed by atoms with E-state index in [1.54, 1.807) is 42.7 Å². The Morgan fingerprint density at radius 1 is 1.08 bits per heavy atom. The number of ether oxygens (including phenoxy) is 1. The minimum Gasteiger partial charge on any atom is -0.424 e. The summed E-state index contributed by atoms with van der Waals surface area (Å²) in [6.07, 6.45) is 5.03. The first kappa shape index (κ1) is 18.3. The number of nitrogens with one attached hydrogen (secondary N) is 2. The lowest BCUT2D eigenvalue weighted by Crippen LogP contribution is -2.62. The monoisotopic (exact) mass is 354 g/mol. The molecular weight excluding hydrogens is 328 g/mol. The predicted octanol–water partition coefficient (Wildman–Crippen LogP) is 3.31. The van der Waals surface area contributed by atoms with Gasteiger partial charge in [-0.15, -0.1) is 0 Å². The summed E-state index contributed by atoms with van der Waals surface area (Å²) in [6, 6.07) is 9.16. The van der Waals surface area contributed by atoms with Crippen LogP contribution in [0.4, 0.5) is 0 Å². The molecule has 2 N–H and O–H groups in total. The SMILES string of the molecule is CC1(C)CC(NC(=O)c2ccc(Oc3ncccn3)cc2)CC(C)(C)N1. The lowest BCUT2D eigenvalue weighted by Gasteiger charge is -2.46. The van der Waals surface area contributed by atoms with E-state index in [-0.39, 0.29) is 29.0 Å². The zero-order chi connectivity index (χ0) is 18.8. The summed E-state index contributed by atoms with van der Waals surface area (Å²) in [5.74, 6) is 0.530. The third kappa shape index (κ3) is 4.79. The van der Waals surface area contributed by atoms with Crippen molar-refractivity contribution in [1.82, 2.24) is 20.6 Å². The van der Waals surface area contributed by atoms with Crippen molar-refractivity contribution in [2.75, 3.05) is 0 Å². The number of carbonyl (C=O) groups excluding carboxylic acids is 1. The Bertz CT molecular complexity index is 741. The molecule has 1 aromatic carbocycles. The molecule has 1 aliphatic rings. The Morgan fingerprint density at radius 3 is 2.23 bits per heavy atom. The van der Waals surface area contributed by atoms with Crippen molar-refractivity contribution in [2.45, 2.75) is 57.7 Å². The van der Waals surface area contributed by atoms with Gasteiger partial charge in [-0.3, -0.25) is 4.79 Å². The molecule has 6 heteroatoms. The van der Waals surface area contributed by atoms with Crippen LogP contribution in [0, 0.1) is 0 Å². The van der Waals surface area contributed by atoms with E-state index in [9.17, 15) is 4.79 Å². The number of hydrogen-bond acceptors (Lipinski definition) is 5. The van der Waals surface area contributed by atoms with Crippen LogP contribution in [-0.2, 0) is 0 Å². The minimum absolute atomic E-state index is 0.00687. The highest BCUT2D eigenvalue weighted by molar-refractivity contribution is 5.94. The summed E-state index contributed by atoms with van der Waals surface area (Å²) in [5.41, 5.74) is 0.598. The third-order valence-electron chi connectivity index (χ3n) is 4.39. The van der Waals surface area contributed by atoms with E-state index in [0.717, 1.165) is 12.8 Å². The predicted molar refractivity (Wildman–Crippen MR) is 100 cm³/mol.